The summed E-state index contributed by atoms with van der Waals surface area (Å²) in [6.45, 7) is 6.78. The summed E-state index contributed by atoms with van der Waals surface area (Å²) < 4.78 is 0. The zero-order valence-electron chi connectivity index (χ0n) is 11.0. The summed E-state index contributed by atoms with van der Waals surface area (Å²) >= 11 is 0. The lowest BCUT2D eigenvalue weighted by Crippen LogP contribution is -2.55. The highest BCUT2D eigenvalue weighted by atomic mass is 16.2. The van der Waals surface area contributed by atoms with Crippen molar-refractivity contribution in [3.05, 3.63) is 34.9 Å². The van der Waals surface area contributed by atoms with E-state index in [9.17, 15) is 9.59 Å². The van der Waals surface area contributed by atoms with Crippen LogP contribution in [0.1, 0.15) is 28.4 Å². The first-order chi connectivity index (χ1) is 8.52. The second kappa shape index (κ2) is 4.80. The van der Waals surface area contributed by atoms with E-state index in [1.54, 1.807) is 11.8 Å². The standard InChI is InChI=1S/C14H18N2O2/c1-9-5-4-6-12(10(9)2)14(18)16-8-7-15-13(17)11(16)3/h4-6,11H,7-8H2,1-3H3,(H,15,17). The number of nitrogens with zero attached hydrogens (tertiary/aromatic N) is 1. The van der Waals surface area contributed by atoms with Gasteiger partial charge >= 0.3 is 0 Å². The average Bonchev–Trinajstić information content (AvgIpc) is 2.35. The van der Waals surface area contributed by atoms with Gasteiger partial charge in [0.15, 0.2) is 0 Å². The third kappa shape index (κ3) is 2.10. The van der Waals surface area contributed by atoms with Crippen molar-refractivity contribution in [3.8, 4) is 0 Å². The molecule has 1 fully saturated rings. The normalized spacial score (nSPS) is 19.6. The molecule has 0 aromatic heterocycles. The number of aryl methyl sites for hydroxylation is 1. The molecule has 0 spiro atoms. The fraction of sp³-hybridized carbons (Fsp3) is 0.429. The molecule has 0 aliphatic carbocycles. The molecule has 1 N–H and O–H groups in total. The van der Waals surface area contributed by atoms with E-state index in [0.717, 1.165) is 11.1 Å². The average molecular weight is 246 g/mol. The maximum Gasteiger partial charge on any atom is 0.254 e. The van der Waals surface area contributed by atoms with Gasteiger partial charge in [0, 0.05) is 18.7 Å². The molecule has 2 amide bonds. The minimum absolute atomic E-state index is 0.0569. The van der Waals surface area contributed by atoms with Crippen LogP contribution in [0.5, 0.6) is 0 Å². The Hall–Kier alpha value is -1.84. The molecule has 4 heteroatoms. The van der Waals surface area contributed by atoms with Crippen molar-refractivity contribution >= 4 is 11.8 Å². The Morgan fingerprint density at radius 1 is 1.39 bits per heavy atom. The molecule has 1 aromatic carbocycles. The molecule has 1 atom stereocenters. The van der Waals surface area contributed by atoms with E-state index in [4.69, 9.17) is 0 Å². The second-order valence-corrected chi connectivity index (χ2v) is 4.71. The third-order valence-corrected chi connectivity index (χ3v) is 3.59. The summed E-state index contributed by atoms with van der Waals surface area (Å²) in [7, 11) is 0. The summed E-state index contributed by atoms with van der Waals surface area (Å²) in [5, 5.41) is 2.76. The zero-order valence-corrected chi connectivity index (χ0v) is 11.0. The Morgan fingerprint density at radius 2 is 2.11 bits per heavy atom. The van der Waals surface area contributed by atoms with Gasteiger partial charge in [-0.3, -0.25) is 9.59 Å². The number of carbonyl (C=O) groups is 2. The molecule has 18 heavy (non-hydrogen) atoms. The van der Waals surface area contributed by atoms with Gasteiger partial charge in [0.25, 0.3) is 5.91 Å². The van der Waals surface area contributed by atoms with Crippen molar-refractivity contribution in [1.29, 1.82) is 0 Å². The SMILES string of the molecule is Cc1cccc(C(=O)N2CCNC(=O)C2C)c1C. The predicted octanol–water partition coefficient (Wildman–Crippen LogP) is 1.26. The van der Waals surface area contributed by atoms with E-state index < -0.39 is 6.04 Å². The molecule has 2 rings (SSSR count). The van der Waals surface area contributed by atoms with E-state index in [-0.39, 0.29) is 11.8 Å². The van der Waals surface area contributed by atoms with Crippen molar-refractivity contribution in [2.24, 2.45) is 0 Å². The summed E-state index contributed by atoms with van der Waals surface area (Å²) in [5.74, 6) is -0.140. The topological polar surface area (TPSA) is 49.4 Å². The lowest BCUT2D eigenvalue weighted by molar-refractivity contribution is -0.127. The molecule has 96 valence electrons. The molecule has 1 unspecified atom stereocenters. The van der Waals surface area contributed by atoms with E-state index >= 15 is 0 Å². The van der Waals surface area contributed by atoms with Gasteiger partial charge in [-0.05, 0) is 38.0 Å². The molecule has 1 aliphatic heterocycles. The second-order valence-electron chi connectivity index (χ2n) is 4.71. The van der Waals surface area contributed by atoms with Gasteiger partial charge in [-0.15, -0.1) is 0 Å². The fourth-order valence-electron chi connectivity index (χ4n) is 2.20. The Bertz CT molecular complexity index is 497. The number of piperazine rings is 1. The minimum Gasteiger partial charge on any atom is -0.353 e. The Kier molecular flexibility index (Phi) is 3.36. The van der Waals surface area contributed by atoms with Gasteiger partial charge in [0.05, 0.1) is 0 Å². The fourth-order valence-corrected chi connectivity index (χ4v) is 2.20. The van der Waals surface area contributed by atoms with Crippen LogP contribution in [-0.2, 0) is 4.79 Å². The first-order valence-electron chi connectivity index (χ1n) is 6.17. The molecule has 1 aromatic rings. The van der Waals surface area contributed by atoms with Gasteiger partial charge in [-0.2, -0.15) is 0 Å². The highest BCUT2D eigenvalue weighted by Gasteiger charge is 2.30. The monoisotopic (exact) mass is 246 g/mol. The summed E-state index contributed by atoms with van der Waals surface area (Å²) in [4.78, 5) is 25.7. The van der Waals surface area contributed by atoms with E-state index in [1.165, 1.54) is 0 Å². The van der Waals surface area contributed by atoms with E-state index in [0.29, 0.717) is 18.7 Å². The van der Waals surface area contributed by atoms with Crippen LogP contribution in [0.4, 0.5) is 0 Å². The molecule has 0 radical (unpaired) electrons. The number of nitrogens with one attached hydrogen (secondary N) is 1. The number of carbonyl (C=O) groups excluding carboxylic acids is 2. The van der Waals surface area contributed by atoms with Gasteiger partial charge < -0.3 is 10.2 Å². The zero-order chi connectivity index (χ0) is 13.3. The first-order valence-corrected chi connectivity index (χ1v) is 6.17. The molecular weight excluding hydrogens is 228 g/mol. The number of rotatable bonds is 1. The quantitative estimate of drug-likeness (QED) is 0.811. The van der Waals surface area contributed by atoms with Gasteiger partial charge in [0.1, 0.15) is 6.04 Å². The largest absolute Gasteiger partial charge is 0.353 e. The lowest BCUT2D eigenvalue weighted by atomic mass is 10.0. The van der Waals surface area contributed by atoms with Gasteiger partial charge in [-0.1, -0.05) is 12.1 Å². The molecule has 0 bridgehead atoms. The maximum absolute atomic E-state index is 12.5. The van der Waals surface area contributed by atoms with Crippen LogP contribution in [0, 0.1) is 13.8 Å². The molecule has 0 saturated carbocycles. The van der Waals surface area contributed by atoms with E-state index in [2.05, 4.69) is 5.32 Å². The van der Waals surface area contributed by atoms with Crippen LogP contribution in [-0.4, -0.2) is 35.8 Å². The van der Waals surface area contributed by atoms with Crippen LogP contribution in [0.3, 0.4) is 0 Å². The van der Waals surface area contributed by atoms with Crippen LogP contribution < -0.4 is 5.32 Å². The minimum atomic E-state index is -0.397. The maximum atomic E-state index is 12.5. The van der Waals surface area contributed by atoms with Gasteiger partial charge in [-0.25, -0.2) is 0 Å². The number of amides is 2. The Morgan fingerprint density at radius 3 is 2.83 bits per heavy atom. The first kappa shape index (κ1) is 12.6. The molecule has 1 saturated heterocycles. The van der Waals surface area contributed by atoms with Crippen LogP contribution in [0.2, 0.25) is 0 Å². The number of benzene rings is 1. The van der Waals surface area contributed by atoms with Crippen molar-refractivity contribution in [2.45, 2.75) is 26.8 Å². The Labute approximate surface area is 107 Å². The van der Waals surface area contributed by atoms with Gasteiger partial charge in [0.2, 0.25) is 5.91 Å². The van der Waals surface area contributed by atoms with Crippen molar-refractivity contribution < 1.29 is 9.59 Å². The molecular formula is C14H18N2O2. The third-order valence-electron chi connectivity index (χ3n) is 3.59. The Balaban J connectivity index is 2.31. The lowest BCUT2D eigenvalue weighted by Gasteiger charge is -2.33. The summed E-state index contributed by atoms with van der Waals surface area (Å²) in [5.41, 5.74) is 2.77. The number of hydrogen-bond donors (Lipinski definition) is 1. The van der Waals surface area contributed by atoms with E-state index in [1.807, 2.05) is 32.0 Å². The summed E-state index contributed by atoms with van der Waals surface area (Å²) in [6, 6.07) is 5.29. The number of hydrogen-bond acceptors (Lipinski definition) is 2. The molecule has 1 heterocycles. The summed E-state index contributed by atoms with van der Waals surface area (Å²) in [6.07, 6.45) is 0. The van der Waals surface area contributed by atoms with Crippen LogP contribution in [0.25, 0.3) is 0 Å². The van der Waals surface area contributed by atoms with Crippen molar-refractivity contribution in [3.63, 3.8) is 0 Å². The molecule has 4 nitrogen and oxygen atoms in total. The van der Waals surface area contributed by atoms with Crippen molar-refractivity contribution in [2.75, 3.05) is 13.1 Å². The molecule has 1 aliphatic rings. The highest BCUT2D eigenvalue weighted by Crippen LogP contribution is 2.17. The van der Waals surface area contributed by atoms with Crippen molar-refractivity contribution in [1.82, 2.24) is 10.2 Å². The highest BCUT2D eigenvalue weighted by molar-refractivity contribution is 5.99. The smallest absolute Gasteiger partial charge is 0.254 e. The van der Waals surface area contributed by atoms with Crippen LogP contribution in [0.15, 0.2) is 18.2 Å². The van der Waals surface area contributed by atoms with Crippen LogP contribution >= 0.6 is 0 Å². The predicted molar refractivity (Wildman–Crippen MR) is 69.4 cm³/mol.